The van der Waals surface area contributed by atoms with Gasteiger partial charge in [-0.1, -0.05) is 23.7 Å². The van der Waals surface area contributed by atoms with Gasteiger partial charge in [-0.05, 0) is 24.1 Å². The Hall–Kier alpha value is -1.59. The lowest BCUT2D eigenvalue weighted by molar-refractivity contribution is -0.134. The second-order valence-corrected chi connectivity index (χ2v) is 6.72. The molecule has 0 N–H and O–H groups in total. The van der Waals surface area contributed by atoms with Gasteiger partial charge in [0, 0.05) is 44.8 Å². The molecule has 0 saturated carbocycles. The summed E-state index contributed by atoms with van der Waals surface area (Å²) in [7, 11) is 1.85. The van der Waals surface area contributed by atoms with Crippen LogP contribution < -0.4 is 0 Å². The molecule has 5 nitrogen and oxygen atoms in total. The number of halogens is 1. The summed E-state index contributed by atoms with van der Waals surface area (Å²) in [4.78, 5) is 30.4. The van der Waals surface area contributed by atoms with Crippen molar-refractivity contribution in [2.24, 2.45) is 0 Å². The molecule has 1 aromatic carbocycles. The van der Waals surface area contributed by atoms with Gasteiger partial charge in [0.05, 0.1) is 12.5 Å². The van der Waals surface area contributed by atoms with Crippen molar-refractivity contribution >= 4 is 23.4 Å². The zero-order chi connectivity index (χ0) is 16.4. The molecule has 6 heteroatoms. The van der Waals surface area contributed by atoms with Gasteiger partial charge in [0.1, 0.15) is 0 Å². The molecule has 0 spiro atoms. The molecule has 0 unspecified atom stereocenters. The first-order chi connectivity index (χ1) is 11.0. The number of carbonyl (C=O) groups excluding carboxylic acids is 2. The molecule has 2 heterocycles. The normalized spacial score (nSPS) is 22.7. The highest BCUT2D eigenvalue weighted by atomic mass is 35.5. The smallest absolute Gasteiger partial charge is 0.239 e. The molecule has 0 aliphatic carbocycles. The number of rotatable bonds is 3. The van der Waals surface area contributed by atoms with Crippen molar-refractivity contribution in [3.8, 4) is 0 Å². The first-order valence-corrected chi connectivity index (χ1v) is 8.43. The van der Waals surface area contributed by atoms with Crippen molar-refractivity contribution < 1.29 is 9.59 Å². The maximum atomic E-state index is 12.4. The predicted molar refractivity (Wildman–Crippen MR) is 89.4 cm³/mol. The molecule has 2 aliphatic heterocycles. The summed E-state index contributed by atoms with van der Waals surface area (Å²) in [5, 5.41) is 0.656. The van der Waals surface area contributed by atoms with Gasteiger partial charge in [-0.3, -0.25) is 14.5 Å². The van der Waals surface area contributed by atoms with E-state index in [-0.39, 0.29) is 17.9 Å². The predicted octanol–water partition coefficient (Wildman–Crippen LogP) is 1.26. The van der Waals surface area contributed by atoms with Crippen LogP contribution in [0.5, 0.6) is 0 Å². The molecule has 23 heavy (non-hydrogen) atoms. The summed E-state index contributed by atoms with van der Waals surface area (Å²) in [6.45, 7) is 3.74. The molecule has 2 fully saturated rings. The van der Waals surface area contributed by atoms with E-state index in [4.69, 9.17) is 11.6 Å². The molecule has 0 bridgehead atoms. The quantitative estimate of drug-likeness (QED) is 0.835. The second-order valence-electron chi connectivity index (χ2n) is 6.29. The molecule has 2 amide bonds. The van der Waals surface area contributed by atoms with Gasteiger partial charge in [-0.2, -0.15) is 0 Å². The van der Waals surface area contributed by atoms with Gasteiger partial charge in [-0.15, -0.1) is 0 Å². The molecule has 124 valence electrons. The highest BCUT2D eigenvalue weighted by Crippen LogP contribution is 2.18. The minimum absolute atomic E-state index is 0.00480. The Morgan fingerprint density at radius 3 is 2.57 bits per heavy atom. The van der Waals surface area contributed by atoms with Crippen molar-refractivity contribution in [2.75, 3.05) is 39.8 Å². The van der Waals surface area contributed by atoms with Crippen LogP contribution in [0.4, 0.5) is 0 Å². The van der Waals surface area contributed by atoms with Crippen LogP contribution in [-0.4, -0.2) is 72.3 Å². The van der Waals surface area contributed by atoms with Gasteiger partial charge in [0.25, 0.3) is 0 Å². The number of nitrogens with zero attached hydrogens (tertiary/aromatic N) is 3. The van der Waals surface area contributed by atoms with Gasteiger partial charge >= 0.3 is 0 Å². The lowest BCUT2D eigenvalue weighted by Crippen LogP contribution is -2.53. The highest BCUT2D eigenvalue weighted by Gasteiger charge is 2.35. The molecular weight excluding hydrogens is 314 g/mol. The average molecular weight is 336 g/mol. The molecule has 1 atom stereocenters. The lowest BCUT2D eigenvalue weighted by atomic mass is 10.1. The van der Waals surface area contributed by atoms with Gasteiger partial charge in [0.15, 0.2) is 0 Å². The van der Waals surface area contributed by atoms with Crippen LogP contribution in [-0.2, 0) is 16.0 Å². The molecule has 2 aliphatic rings. The Kier molecular flexibility index (Phi) is 4.87. The lowest BCUT2D eigenvalue weighted by Gasteiger charge is -2.37. The van der Waals surface area contributed by atoms with Gasteiger partial charge < -0.3 is 9.80 Å². The van der Waals surface area contributed by atoms with Crippen LogP contribution in [0.25, 0.3) is 0 Å². The van der Waals surface area contributed by atoms with E-state index in [1.807, 2.05) is 36.2 Å². The van der Waals surface area contributed by atoms with Crippen molar-refractivity contribution in [2.45, 2.75) is 18.9 Å². The molecule has 3 rings (SSSR count). The standard InChI is InChI=1S/C17H22ClN3O2/c1-19-6-5-15(17(19)23)20-7-9-21(10-8-20)16(22)12-13-3-2-4-14(18)11-13/h2-4,11,15H,5-10,12H2,1H3/t15-/m0/s1. The largest absolute Gasteiger partial charge is 0.344 e. The number of likely N-dealkylation sites (tertiary alicyclic amines) is 1. The van der Waals surface area contributed by atoms with Gasteiger partial charge in [0.2, 0.25) is 11.8 Å². The number of benzene rings is 1. The molecule has 0 radical (unpaired) electrons. The van der Waals surface area contributed by atoms with Crippen molar-refractivity contribution in [1.82, 2.24) is 14.7 Å². The van der Waals surface area contributed by atoms with Crippen LogP contribution >= 0.6 is 11.6 Å². The van der Waals surface area contributed by atoms with Crippen LogP contribution in [0.15, 0.2) is 24.3 Å². The van der Waals surface area contributed by atoms with E-state index >= 15 is 0 Å². The van der Waals surface area contributed by atoms with E-state index in [1.165, 1.54) is 0 Å². The Bertz CT molecular complexity index is 599. The number of carbonyl (C=O) groups is 2. The summed E-state index contributed by atoms with van der Waals surface area (Å²) >= 11 is 5.96. The maximum absolute atomic E-state index is 12.4. The summed E-state index contributed by atoms with van der Waals surface area (Å²) in [5.41, 5.74) is 0.942. The van der Waals surface area contributed by atoms with Crippen LogP contribution in [0.3, 0.4) is 0 Å². The summed E-state index contributed by atoms with van der Waals surface area (Å²) < 4.78 is 0. The Morgan fingerprint density at radius 1 is 1.22 bits per heavy atom. The van der Waals surface area contributed by atoms with E-state index in [0.717, 1.165) is 31.6 Å². The number of likely N-dealkylation sites (N-methyl/N-ethyl adjacent to an activating group) is 1. The molecule has 2 saturated heterocycles. The highest BCUT2D eigenvalue weighted by molar-refractivity contribution is 6.30. The fourth-order valence-electron chi connectivity index (χ4n) is 3.36. The number of amides is 2. The fraction of sp³-hybridized carbons (Fsp3) is 0.529. The van der Waals surface area contributed by atoms with Crippen LogP contribution in [0.2, 0.25) is 5.02 Å². The van der Waals surface area contributed by atoms with Crippen LogP contribution in [0.1, 0.15) is 12.0 Å². The summed E-state index contributed by atoms with van der Waals surface area (Å²) in [6, 6.07) is 7.44. The topological polar surface area (TPSA) is 43.9 Å². The Morgan fingerprint density at radius 2 is 1.96 bits per heavy atom. The minimum atomic E-state index is 0.00480. The molecular formula is C17H22ClN3O2. The maximum Gasteiger partial charge on any atom is 0.239 e. The minimum Gasteiger partial charge on any atom is -0.344 e. The summed E-state index contributed by atoms with van der Waals surface area (Å²) in [6.07, 6.45) is 1.28. The van der Waals surface area contributed by atoms with Gasteiger partial charge in [-0.25, -0.2) is 0 Å². The van der Waals surface area contributed by atoms with E-state index in [2.05, 4.69) is 4.90 Å². The fourth-order valence-corrected chi connectivity index (χ4v) is 3.57. The molecule has 0 aromatic heterocycles. The number of piperazine rings is 1. The first kappa shape index (κ1) is 16.3. The zero-order valence-electron chi connectivity index (χ0n) is 13.4. The first-order valence-electron chi connectivity index (χ1n) is 8.06. The van der Waals surface area contributed by atoms with E-state index in [9.17, 15) is 9.59 Å². The average Bonchev–Trinajstić information content (AvgIpc) is 2.87. The third-order valence-corrected chi connectivity index (χ3v) is 4.99. The van der Waals surface area contributed by atoms with Crippen LogP contribution in [0, 0.1) is 0 Å². The SMILES string of the molecule is CN1CC[C@H](N2CCN(C(=O)Cc3cccc(Cl)c3)CC2)C1=O. The Labute approximate surface area is 141 Å². The van der Waals surface area contributed by atoms with Crippen molar-refractivity contribution in [3.63, 3.8) is 0 Å². The zero-order valence-corrected chi connectivity index (χ0v) is 14.1. The van der Waals surface area contributed by atoms with E-state index < -0.39 is 0 Å². The number of hydrogen-bond donors (Lipinski definition) is 0. The van der Waals surface area contributed by atoms with E-state index in [1.54, 1.807) is 4.90 Å². The van der Waals surface area contributed by atoms with Crippen molar-refractivity contribution in [3.05, 3.63) is 34.9 Å². The third-order valence-electron chi connectivity index (χ3n) is 4.75. The molecule has 1 aromatic rings. The number of hydrogen-bond acceptors (Lipinski definition) is 3. The third kappa shape index (κ3) is 3.67. The Balaban J connectivity index is 1.52. The van der Waals surface area contributed by atoms with E-state index in [0.29, 0.717) is 24.5 Å². The second kappa shape index (κ2) is 6.89. The monoisotopic (exact) mass is 335 g/mol. The van der Waals surface area contributed by atoms with Crippen molar-refractivity contribution in [1.29, 1.82) is 0 Å². The summed E-state index contributed by atoms with van der Waals surface area (Å²) in [5.74, 6) is 0.338.